The van der Waals surface area contributed by atoms with Gasteiger partial charge in [0.2, 0.25) is 5.91 Å². The highest BCUT2D eigenvalue weighted by atomic mass is 32.2. The van der Waals surface area contributed by atoms with Crippen molar-refractivity contribution in [1.82, 2.24) is 10.6 Å². The van der Waals surface area contributed by atoms with Crippen LogP contribution in [0, 0.1) is 11.8 Å². The lowest BCUT2D eigenvalue weighted by atomic mass is 9.96. The molecule has 0 aromatic heterocycles. The second-order valence-corrected chi connectivity index (χ2v) is 9.40. The molecule has 0 spiro atoms. The molecule has 7 nitrogen and oxygen atoms in total. The van der Waals surface area contributed by atoms with E-state index in [1.165, 1.54) is 22.9 Å². The normalized spacial score (nSPS) is 13.2. The summed E-state index contributed by atoms with van der Waals surface area (Å²) in [5.74, 6) is -1.02. The van der Waals surface area contributed by atoms with Crippen molar-refractivity contribution in [2.75, 3.05) is 31.2 Å². The Morgan fingerprint density at radius 3 is 2.18 bits per heavy atom. The maximum atomic E-state index is 12.1. The monoisotopic (exact) mass is 470 g/mol. The van der Waals surface area contributed by atoms with Gasteiger partial charge in [0.15, 0.2) is 0 Å². The van der Waals surface area contributed by atoms with Gasteiger partial charge in [0.25, 0.3) is 0 Å². The van der Waals surface area contributed by atoms with Gasteiger partial charge in [-0.2, -0.15) is 11.8 Å². The number of hydrogen-bond donors (Lipinski definition) is 3. The molecule has 176 valence electrons. The lowest BCUT2D eigenvalue weighted by molar-refractivity contribution is -0.143. The molecule has 33 heavy (non-hydrogen) atoms. The zero-order valence-electron chi connectivity index (χ0n) is 18.9. The third-order valence-electron chi connectivity index (χ3n) is 5.73. The third-order valence-corrected chi connectivity index (χ3v) is 6.69. The van der Waals surface area contributed by atoms with Crippen LogP contribution in [0.4, 0.5) is 4.79 Å². The maximum absolute atomic E-state index is 12.1. The predicted molar refractivity (Wildman–Crippen MR) is 129 cm³/mol. The number of carbonyl (C=O) groups is 3. The van der Waals surface area contributed by atoms with Crippen LogP contribution in [-0.4, -0.2) is 54.3 Å². The summed E-state index contributed by atoms with van der Waals surface area (Å²) < 4.78 is 5.48. The fourth-order valence-electron chi connectivity index (χ4n) is 3.92. The molecule has 1 aliphatic rings. The summed E-state index contributed by atoms with van der Waals surface area (Å²) >= 11 is 1.37. The van der Waals surface area contributed by atoms with Gasteiger partial charge in [0, 0.05) is 24.8 Å². The summed E-state index contributed by atoms with van der Waals surface area (Å²) in [6.07, 6.45) is -0.483. The number of amides is 2. The van der Waals surface area contributed by atoms with Crippen molar-refractivity contribution in [3.8, 4) is 11.1 Å². The van der Waals surface area contributed by atoms with Gasteiger partial charge in [-0.25, -0.2) is 4.79 Å². The molecule has 2 aromatic carbocycles. The van der Waals surface area contributed by atoms with E-state index in [2.05, 4.69) is 34.9 Å². The van der Waals surface area contributed by atoms with Gasteiger partial charge in [-0.3, -0.25) is 9.59 Å². The molecule has 0 fully saturated rings. The number of thioether (sulfide) groups is 1. The number of fused-ring (bicyclic) bond motifs is 3. The van der Waals surface area contributed by atoms with Gasteiger partial charge in [-0.1, -0.05) is 62.4 Å². The van der Waals surface area contributed by atoms with Crippen molar-refractivity contribution < 1.29 is 24.2 Å². The Morgan fingerprint density at radius 1 is 1.00 bits per heavy atom. The van der Waals surface area contributed by atoms with E-state index in [0.717, 1.165) is 11.1 Å². The van der Waals surface area contributed by atoms with Gasteiger partial charge in [0.1, 0.15) is 6.61 Å². The average molecular weight is 471 g/mol. The van der Waals surface area contributed by atoms with Crippen LogP contribution in [0.1, 0.15) is 30.9 Å². The lowest BCUT2D eigenvalue weighted by Crippen LogP contribution is -2.36. The summed E-state index contributed by atoms with van der Waals surface area (Å²) in [5, 5.41) is 14.5. The predicted octanol–water partition coefficient (Wildman–Crippen LogP) is 3.73. The molecule has 2 amide bonds. The van der Waals surface area contributed by atoms with Crippen molar-refractivity contribution in [2.45, 2.75) is 19.8 Å². The number of ether oxygens (including phenoxy) is 1. The van der Waals surface area contributed by atoms with E-state index < -0.39 is 18.0 Å². The Hall–Kier alpha value is -3.00. The van der Waals surface area contributed by atoms with Crippen LogP contribution in [0.3, 0.4) is 0 Å². The first-order valence-corrected chi connectivity index (χ1v) is 12.2. The summed E-state index contributed by atoms with van der Waals surface area (Å²) in [4.78, 5) is 35.2. The van der Waals surface area contributed by atoms with Crippen LogP contribution in [-0.2, 0) is 14.3 Å². The molecule has 1 unspecified atom stereocenters. The summed E-state index contributed by atoms with van der Waals surface area (Å²) in [7, 11) is 0. The van der Waals surface area contributed by atoms with E-state index in [9.17, 15) is 14.4 Å². The van der Waals surface area contributed by atoms with Crippen LogP contribution in [0.2, 0.25) is 0 Å². The Balaban J connectivity index is 1.35. The van der Waals surface area contributed by atoms with E-state index >= 15 is 0 Å². The highest BCUT2D eigenvalue weighted by Crippen LogP contribution is 2.44. The number of nitrogens with one attached hydrogen (secondary N) is 2. The molecule has 2 aromatic rings. The molecule has 0 radical (unpaired) electrons. The van der Waals surface area contributed by atoms with Crippen molar-refractivity contribution >= 4 is 29.7 Å². The van der Waals surface area contributed by atoms with Gasteiger partial charge in [-0.05, 0) is 28.2 Å². The lowest BCUT2D eigenvalue weighted by Gasteiger charge is -2.16. The standard InChI is InChI=1S/C25H30N2O5S/c1-16(2)21(24(29)30)13-27-23(28)15-33-12-11-26-25(31)32-14-22-19-9-5-3-7-17(19)18-8-4-6-10-20(18)22/h3-10,16,21-22H,11-15H2,1-2H3,(H,26,31)(H,27,28)(H,29,30). The molecular weight excluding hydrogens is 440 g/mol. The Labute approximate surface area is 198 Å². The smallest absolute Gasteiger partial charge is 0.407 e. The van der Waals surface area contributed by atoms with E-state index in [0.29, 0.717) is 12.3 Å². The Bertz CT molecular complexity index is 949. The zero-order valence-corrected chi connectivity index (χ0v) is 19.7. The highest BCUT2D eigenvalue weighted by Gasteiger charge is 2.29. The molecule has 1 atom stereocenters. The van der Waals surface area contributed by atoms with E-state index in [-0.39, 0.29) is 36.6 Å². The topological polar surface area (TPSA) is 105 Å². The van der Waals surface area contributed by atoms with Crippen molar-refractivity contribution in [1.29, 1.82) is 0 Å². The zero-order chi connectivity index (χ0) is 23.8. The van der Waals surface area contributed by atoms with E-state index in [4.69, 9.17) is 9.84 Å². The number of carboxylic acid groups (broad SMARTS) is 1. The fourth-order valence-corrected chi connectivity index (χ4v) is 4.60. The highest BCUT2D eigenvalue weighted by molar-refractivity contribution is 7.99. The van der Waals surface area contributed by atoms with E-state index in [1.807, 2.05) is 38.1 Å². The van der Waals surface area contributed by atoms with Gasteiger partial charge >= 0.3 is 12.1 Å². The molecule has 3 N–H and O–H groups in total. The molecule has 0 saturated carbocycles. The molecule has 1 aliphatic carbocycles. The molecule has 0 bridgehead atoms. The Kier molecular flexibility index (Phi) is 8.77. The summed E-state index contributed by atoms with van der Waals surface area (Å²) in [5.41, 5.74) is 4.69. The van der Waals surface area contributed by atoms with Gasteiger partial charge in [-0.15, -0.1) is 0 Å². The quantitative estimate of drug-likeness (QED) is 0.432. The number of carboxylic acids is 1. The minimum absolute atomic E-state index is 0.0155. The first-order valence-electron chi connectivity index (χ1n) is 11.0. The summed E-state index contributed by atoms with van der Waals surface area (Å²) in [6.45, 7) is 4.38. The molecule has 3 rings (SSSR count). The van der Waals surface area contributed by atoms with Crippen molar-refractivity contribution in [3.05, 3.63) is 59.7 Å². The van der Waals surface area contributed by atoms with Crippen LogP contribution in [0.25, 0.3) is 11.1 Å². The van der Waals surface area contributed by atoms with Gasteiger partial charge in [0.05, 0.1) is 11.7 Å². The minimum Gasteiger partial charge on any atom is -0.481 e. The largest absolute Gasteiger partial charge is 0.481 e. The molecular formula is C25H30N2O5S. The molecule has 0 saturated heterocycles. The second-order valence-electron chi connectivity index (χ2n) is 8.30. The first kappa shape index (κ1) is 24.6. The second kappa shape index (κ2) is 11.7. The molecule has 0 heterocycles. The molecule has 0 aliphatic heterocycles. The maximum Gasteiger partial charge on any atom is 0.407 e. The van der Waals surface area contributed by atoms with Crippen LogP contribution in [0.5, 0.6) is 0 Å². The SMILES string of the molecule is CC(C)C(CNC(=O)CSCCNC(=O)OCC1c2ccccc2-c2ccccc21)C(=O)O. The molecule has 8 heteroatoms. The summed E-state index contributed by atoms with van der Waals surface area (Å²) in [6, 6.07) is 16.3. The van der Waals surface area contributed by atoms with Crippen molar-refractivity contribution in [3.63, 3.8) is 0 Å². The van der Waals surface area contributed by atoms with Crippen molar-refractivity contribution in [2.24, 2.45) is 11.8 Å². The number of carbonyl (C=O) groups excluding carboxylic acids is 2. The number of benzene rings is 2. The van der Waals surface area contributed by atoms with Crippen LogP contribution >= 0.6 is 11.8 Å². The number of hydrogen-bond acceptors (Lipinski definition) is 5. The van der Waals surface area contributed by atoms with E-state index in [1.54, 1.807) is 0 Å². The average Bonchev–Trinajstić information content (AvgIpc) is 3.11. The minimum atomic E-state index is -0.912. The number of rotatable bonds is 11. The van der Waals surface area contributed by atoms with Crippen LogP contribution in [0.15, 0.2) is 48.5 Å². The third kappa shape index (κ3) is 6.51. The van der Waals surface area contributed by atoms with Crippen LogP contribution < -0.4 is 10.6 Å². The number of alkyl carbamates (subject to hydrolysis) is 1. The fraction of sp³-hybridized carbons (Fsp3) is 0.400. The first-order chi connectivity index (χ1) is 15.9. The Morgan fingerprint density at radius 2 is 1.61 bits per heavy atom. The van der Waals surface area contributed by atoms with Gasteiger partial charge < -0.3 is 20.5 Å². The number of aliphatic carboxylic acids is 1.